The Hall–Kier alpha value is -1.65. The Kier molecular flexibility index (Phi) is 1.43. The number of ether oxygens (including phenoxy) is 1. The average Bonchev–Trinajstić information content (AvgIpc) is 2.44. The molecule has 0 aliphatic heterocycles. The number of nitrogens with zero attached hydrogens (tertiary/aromatic N) is 2. The molecule has 0 amide bonds. The largest absolute Gasteiger partial charge is 0.464 e. The van der Waals surface area contributed by atoms with Crippen molar-refractivity contribution in [1.29, 1.82) is 0 Å². The number of hydrogen-bond acceptors (Lipinski definition) is 3. The van der Waals surface area contributed by atoms with E-state index in [1.54, 1.807) is 13.4 Å². The van der Waals surface area contributed by atoms with Gasteiger partial charge in [0.05, 0.1) is 7.11 Å². The van der Waals surface area contributed by atoms with Crippen LogP contribution in [0.1, 0.15) is 5.82 Å². The molecular formula is C7H9N4O+. The fraction of sp³-hybridized carbons (Fsp3) is 0.286. The van der Waals surface area contributed by atoms with Gasteiger partial charge in [-0.1, -0.05) is 0 Å². The van der Waals surface area contributed by atoms with E-state index in [1.807, 2.05) is 6.92 Å². The van der Waals surface area contributed by atoms with Crippen molar-refractivity contribution in [3.05, 3.63) is 12.2 Å². The van der Waals surface area contributed by atoms with Crippen molar-refractivity contribution in [2.75, 3.05) is 7.11 Å². The first kappa shape index (κ1) is 7.02. The lowest BCUT2D eigenvalue weighted by molar-refractivity contribution is -0.395. The first-order valence-electron chi connectivity index (χ1n) is 3.58. The molecule has 5 heteroatoms. The number of hydrogen-bond donors (Lipinski definition) is 1. The molecule has 2 heterocycles. The average molecular weight is 165 g/mol. The van der Waals surface area contributed by atoms with Gasteiger partial charge in [-0.05, 0) is 11.9 Å². The van der Waals surface area contributed by atoms with Crippen molar-refractivity contribution in [3.63, 3.8) is 0 Å². The molecule has 0 saturated carbocycles. The maximum absolute atomic E-state index is 5.07. The summed E-state index contributed by atoms with van der Waals surface area (Å²) in [4.78, 5) is 14.1. The van der Waals surface area contributed by atoms with Gasteiger partial charge in [0, 0.05) is 0 Å². The fourth-order valence-corrected chi connectivity index (χ4v) is 1.12. The number of aromatic nitrogens is 4. The maximum Gasteiger partial charge on any atom is 0.312 e. The lowest BCUT2D eigenvalue weighted by atomic mass is 10.5. The highest BCUT2D eigenvalue weighted by Crippen LogP contribution is 2.14. The molecule has 62 valence electrons. The normalized spacial score (nSPS) is 10.5. The Morgan fingerprint density at radius 3 is 3.17 bits per heavy atom. The third-order valence-corrected chi connectivity index (χ3v) is 1.62. The second-order valence-electron chi connectivity index (χ2n) is 2.46. The number of rotatable bonds is 1. The van der Waals surface area contributed by atoms with E-state index >= 15 is 0 Å². The topological polar surface area (TPSA) is 64.9 Å². The quantitative estimate of drug-likeness (QED) is 0.651. The molecule has 0 radical (unpaired) electrons. The molecule has 2 rings (SSSR count). The van der Waals surface area contributed by atoms with Crippen LogP contribution < -0.4 is 9.72 Å². The van der Waals surface area contributed by atoms with Gasteiger partial charge in [0.15, 0.2) is 5.52 Å². The van der Waals surface area contributed by atoms with Crippen LogP contribution in [-0.4, -0.2) is 22.1 Å². The first-order valence-corrected chi connectivity index (χ1v) is 3.58. The van der Waals surface area contributed by atoms with Crippen LogP contribution in [0.5, 0.6) is 5.88 Å². The number of nitrogens with one attached hydrogen (secondary N) is 2. The smallest absolute Gasteiger partial charge is 0.312 e. The van der Waals surface area contributed by atoms with E-state index in [-0.39, 0.29) is 0 Å². The zero-order chi connectivity index (χ0) is 8.55. The summed E-state index contributed by atoms with van der Waals surface area (Å²) in [5.74, 6) is 1.48. The number of aryl methyl sites for hydroxylation is 1. The minimum Gasteiger partial charge on any atom is -0.464 e. The summed E-state index contributed by atoms with van der Waals surface area (Å²) in [6.45, 7) is 1.88. The van der Waals surface area contributed by atoms with E-state index in [1.165, 1.54) is 0 Å². The number of fused-ring (bicyclic) bond motifs is 1. The molecule has 0 saturated heterocycles. The molecule has 0 bridgehead atoms. The van der Waals surface area contributed by atoms with Crippen LogP contribution in [0.3, 0.4) is 0 Å². The van der Waals surface area contributed by atoms with E-state index in [0.717, 1.165) is 11.3 Å². The Balaban J connectivity index is 2.78. The first-order chi connectivity index (χ1) is 5.81. The van der Waals surface area contributed by atoms with Crippen LogP contribution in [0.15, 0.2) is 6.33 Å². The predicted molar refractivity (Wildman–Crippen MR) is 41.7 cm³/mol. The summed E-state index contributed by atoms with van der Waals surface area (Å²) in [5, 5.41) is 0. The second kappa shape index (κ2) is 2.44. The fourth-order valence-electron chi connectivity index (χ4n) is 1.12. The van der Waals surface area contributed by atoms with Gasteiger partial charge in [-0.2, -0.15) is 4.98 Å². The van der Waals surface area contributed by atoms with Crippen LogP contribution in [0.2, 0.25) is 0 Å². The number of imidazole rings is 1. The van der Waals surface area contributed by atoms with Gasteiger partial charge < -0.3 is 9.72 Å². The van der Waals surface area contributed by atoms with Crippen molar-refractivity contribution in [3.8, 4) is 5.88 Å². The second-order valence-corrected chi connectivity index (χ2v) is 2.46. The van der Waals surface area contributed by atoms with E-state index in [4.69, 9.17) is 4.74 Å². The summed E-state index contributed by atoms with van der Waals surface area (Å²) < 4.78 is 5.07. The Morgan fingerprint density at radius 2 is 2.42 bits per heavy atom. The van der Waals surface area contributed by atoms with Crippen LogP contribution in [0.25, 0.3) is 11.2 Å². The molecular weight excluding hydrogens is 156 g/mol. The van der Waals surface area contributed by atoms with Gasteiger partial charge in [0.1, 0.15) is 5.82 Å². The molecule has 0 unspecified atom stereocenters. The molecule has 2 N–H and O–H groups in total. The molecule has 5 nitrogen and oxygen atoms in total. The van der Waals surface area contributed by atoms with Crippen molar-refractivity contribution in [2.45, 2.75) is 6.92 Å². The maximum atomic E-state index is 5.07. The minimum absolute atomic E-state index is 0.653. The molecule has 2 aromatic heterocycles. The lowest BCUT2D eigenvalue weighted by Gasteiger charge is -1.91. The zero-order valence-corrected chi connectivity index (χ0v) is 6.88. The third kappa shape index (κ3) is 0.903. The number of methoxy groups -OCH3 is 1. The molecule has 12 heavy (non-hydrogen) atoms. The molecule has 0 fully saturated rings. The number of H-pyrrole nitrogens is 2. The zero-order valence-electron chi connectivity index (χ0n) is 6.88. The SMILES string of the molecule is COc1[nH+]cnc2nc(C)[nH]c12. The van der Waals surface area contributed by atoms with E-state index < -0.39 is 0 Å². The van der Waals surface area contributed by atoms with Gasteiger partial charge >= 0.3 is 5.88 Å². The van der Waals surface area contributed by atoms with E-state index in [0.29, 0.717) is 11.5 Å². The third-order valence-electron chi connectivity index (χ3n) is 1.62. The van der Waals surface area contributed by atoms with Crippen LogP contribution in [-0.2, 0) is 0 Å². The molecule has 2 aromatic rings. The van der Waals surface area contributed by atoms with Crippen molar-refractivity contribution in [1.82, 2.24) is 15.0 Å². The van der Waals surface area contributed by atoms with Crippen LogP contribution >= 0.6 is 0 Å². The standard InChI is InChI=1S/C7H8N4O/c1-4-10-5-6(11-4)8-3-9-7(5)12-2/h3H,1-2H3,(H,8,9,10,11)/p+1. The number of aromatic amines is 2. The van der Waals surface area contributed by atoms with Crippen molar-refractivity contribution >= 4 is 11.2 Å². The Morgan fingerprint density at radius 1 is 1.58 bits per heavy atom. The molecule has 0 aromatic carbocycles. The van der Waals surface area contributed by atoms with E-state index in [9.17, 15) is 0 Å². The monoisotopic (exact) mass is 165 g/mol. The molecule has 0 aliphatic rings. The predicted octanol–water partition coefficient (Wildman–Crippen LogP) is 0.0890. The minimum atomic E-state index is 0.653. The lowest BCUT2D eigenvalue weighted by Crippen LogP contribution is -2.08. The van der Waals surface area contributed by atoms with E-state index in [2.05, 4.69) is 19.9 Å². The summed E-state index contributed by atoms with van der Waals surface area (Å²) >= 11 is 0. The summed E-state index contributed by atoms with van der Waals surface area (Å²) in [7, 11) is 1.60. The highest BCUT2D eigenvalue weighted by Gasteiger charge is 2.12. The van der Waals surface area contributed by atoms with Gasteiger partial charge in [0.2, 0.25) is 0 Å². The van der Waals surface area contributed by atoms with Gasteiger partial charge in [0.25, 0.3) is 12.0 Å². The van der Waals surface area contributed by atoms with Gasteiger partial charge in [-0.3, -0.25) is 0 Å². The summed E-state index contributed by atoms with van der Waals surface area (Å²) in [5.41, 5.74) is 1.47. The van der Waals surface area contributed by atoms with Crippen LogP contribution in [0, 0.1) is 6.92 Å². The summed E-state index contributed by atoms with van der Waals surface area (Å²) in [6.07, 6.45) is 1.56. The van der Waals surface area contributed by atoms with Gasteiger partial charge in [-0.25, -0.2) is 4.98 Å². The molecule has 0 spiro atoms. The highest BCUT2D eigenvalue weighted by atomic mass is 16.5. The Bertz CT molecular complexity index is 409. The van der Waals surface area contributed by atoms with Gasteiger partial charge in [-0.15, -0.1) is 0 Å². The van der Waals surface area contributed by atoms with Crippen molar-refractivity contribution in [2.24, 2.45) is 0 Å². The highest BCUT2D eigenvalue weighted by molar-refractivity contribution is 5.74. The van der Waals surface area contributed by atoms with Crippen LogP contribution in [0.4, 0.5) is 0 Å². The molecule has 0 atom stereocenters. The summed E-state index contributed by atoms with van der Waals surface area (Å²) in [6, 6.07) is 0. The van der Waals surface area contributed by atoms with Crippen molar-refractivity contribution < 1.29 is 9.72 Å². The Labute approximate surface area is 68.8 Å². The molecule has 0 aliphatic carbocycles.